The van der Waals surface area contributed by atoms with Gasteiger partial charge in [0.25, 0.3) is 0 Å². The predicted molar refractivity (Wildman–Crippen MR) is 70.2 cm³/mol. The van der Waals surface area contributed by atoms with Crippen molar-refractivity contribution in [1.82, 2.24) is 0 Å². The van der Waals surface area contributed by atoms with Crippen LogP contribution in [0.3, 0.4) is 0 Å². The number of rotatable bonds is 8. The van der Waals surface area contributed by atoms with Gasteiger partial charge < -0.3 is 0 Å². The van der Waals surface area contributed by atoms with E-state index in [2.05, 4.69) is 36.3 Å². The summed E-state index contributed by atoms with van der Waals surface area (Å²) in [5.74, 6) is 0. The molecule has 0 amide bonds. The number of ether oxygens (including phenoxy) is 2. The van der Waals surface area contributed by atoms with E-state index in [-0.39, 0.29) is 0 Å². The number of hydrogen-bond donors (Lipinski definition) is 0. The maximum atomic E-state index is 5.70. The molecular weight excluding hydrogens is 263 g/mol. The van der Waals surface area contributed by atoms with Crippen LogP contribution >= 0.6 is 20.8 Å². The monoisotopic (exact) mass is 286 g/mol. The molecular formula is C10H24BrO2P. The van der Waals surface area contributed by atoms with Crippen LogP contribution in [0, 0.1) is 0 Å². The molecule has 0 unspecified atom stereocenters. The van der Waals surface area contributed by atoms with Crippen molar-refractivity contribution in [2.24, 2.45) is 0 Å². The second-order valence-electron chi connectivity index (χ2n) is 3.80. The van der Waals surface area contributed by atoms with Gasteiger partial charge in [-0.25, -0.2) is 0 Å². The molecule has 0 aromatic rings. The summed E-state index contributed by atoms with van der Waals surface area (Å²) in [4.78, 5) is 0. The molecule has 0 spiro atoms. The van der Waals surface area contributed by atoms with Crippen LogP contribution in [0.4, 0.5) is 0 Å². The zero-order valence-corrected chi connectivity index (χ0v) is 12.4. The van der Waals surface area contributed by atoms with Gasteiger partial charge in [-0.3, -0.25) is 0 Å². The van der Waals surface area contributed by atoms with Gasteiger partial charge in [0.15, 0.2) is 0 Å². The molecule has 0 aliphatic rings. The Morgan fingerprint density at radius 3 is 1.86 bits per heavy atom. The first-order chi connectivity index (χ1) is 6.54. The molecule has 0 aromatic heterocycles. The molecule has 0 aliphatic carbocycles. The molecule has 0 N–H and O–H groups in total. The van der Waals surface area contributed by atoms with Crippen LogP contribution < -0.4 is 0 Å². The molecule has 14 heavy (non-hydrogen) atoms. The summed E-state index contributed by atoms with van der Waals surface area (Å²) >= 11 is 4.01. The third-order valence-electron chi connectivity index (χ3n) is 3.22. The molecule has 0 aromatic carbocycles. The van der Waals surface area contributed by atoms with E-state index in [4.69, 9.17) is 9.47 Å². The molecule has 0 rings (SSSR count). The van der Waals surface area contributed by atoms with E-state index in [0.29, 0.717) is 13.2 Å². The Morgan fingerprint density at radius 2 is 1.50 bits per heavy atom. The fourth-order valence-corrected chi connectivity index (χ4v) is 4.29. The van der Waals surface area contributed by atoms with Crippen molar-refractivity contribution in [1.29, 1.82) is 0 Å². The van der Waals surface area contributed by atoms with Gasteiger partial charge in [-0.2, -0.15) is 0 Å². The first-order valence-electron chi connectivity index (χ1n) is 5.33. The van der Waals surface area contributed by atoms with Gasteiger partial charge in [-0.05, 0) is 0 Å². The van der Waals surface area contributed by atoms with Crippen molar-refractivity contribution in [3.05, 3.63) is 0 Å². The molecule has 88 valence electrons. The fourth-order valence-electron chi connectivity index (χ4n) is 1.38. The Balaban J connectivity index is 4.10. The number of methoxy groups -OCH3 is 1. The molecule has 0 atom stereocenters. The third-order valence-corrected chi connectivity index (χ3v) is 13.9. The first-order valence-corrected chi connectivity index (χ1v) is 10.3. The second-order valence-corrected chi connectivity index (χ2v) is 15.6. The van der Waals surface area contributed by atoms with Crippen molar-refractivity contribution < 1.29 is 9.47 Å². The molecule has 0 radical (unpaired) electrons. The van der Waals surface area contributed by atoms with Crippen LogP contribution in [0.1, 0.15) is 20.8 Å². The van der Waals surface area contributed by atoms with E-state index >= 15 is 0 Å². The van der Waals surface area contributed by atoms with Crippen LogP contribution in [0.2, 0.25) is 0 Å². The Morgan fingerprint density at radius 1 is 1.00 bits per heavy atom. The summed E-state index contributed by atoms with van der Waals surface area (Å²) in [6, 6.07) is 0. The summed E-state index contributed by atoms with van der Waals surface area (Å²) < 4.78 is 10.7. The van der Waals surface area contributed by atoms with Gasteiger partial charge in [-0.15, -0.1) is 0 Å². The minimum atomic E-state index is -1.70. The quantitative estimate of drug-likeness (QED) is 0.502. The standard InChI is InChI=1S/C10H24BrO2P/c1-5-14(11,6-2,7-3)10-13-9-8-12-4/h5-10H2,1-4H3. The third kappa shape index (κ3) is 4.14. The van der Waals surface area contributed by atoms with Crippen molar-refractivity contribution >= 4 is 20.8 Å². The number of halogens is 1. The van der Waals surface area contributed by atoms with Crippen LogP contribution in [-0.2, 0) is 9.47 Å². The van der Waals surface area contributed by atoms with Crippen molar-refractivity contribution in [2.75, 3.05) is 45.2 Å². The SMILES string of the molecule is CCP(Br)(CC)(CC)COCCOC. The molecule has 4 heteroatoms. The Hall–Kier alpha value is 0.830. The molecule has 0 fully saturated rings. The van der Waals surface area contributed by atoms with Crippen molar-refractivity contribution in [3.63, 3.8) is 0 Å². The van der Waals surface area contributed by atoms with E-state index in [1.807, 2.05) is 0 Å². The topological polar surface area (TPSA) is 18.5 Å². The summed E-state index contributed by atoms with van der Waals surface area (Å²) in [5.41, 5.74) is 0. The zero-order chi connectivity index (χ0) is 11.1. The summed E-state index contributed by atoms with van der Waals surface area (Å²) in [6.07, 6.45) is 4.53. The van der Waals surface area contributed by atoms with Crippen LogP contribution in [-0.4, -0.2) is 45.2 Å². The van der Waals surface area contributed by atoms with Crippen LogP contribution in [0.25, 0.3) is 0 Å². The Bertz CT molecular complexity index is 149. The number of hydrogen-bond acceptors (Lipinski definition) is 2. The van der Waals surface area contributed by atoms with Gasteiger partial charge in [-0.1, -0.05) is 0 Å². The molecule has 2 nitrogen and oxygen atoms in total. The molecule has 0 heterocycles. The second kappa shape index (κ2) is 6.42. The van der Waals surface area contributed by atoms with Crippen molar-refractivity contribution in [3.8, 4) is 0 Å². The minimum absolute atomic E-state index is 0.691. The molecule has 0 bridgehead atoms. The molecule has 0 saturated heterocycles. The van der Waals surface area contributed by atoms with E-state index < -0.39 is 5.31 Å². The summed E-state index contributed by atoms with van der Waals surface area (Å²) in [7, 11) is 1.71. The van der Waals surface area contributed by atoms with Gasteiger partial charge in [0, 0.05) is 0 Å². The van der Waals surface area contributed by atoms with E-state index in [1.54, 1.807) is 7.11 Å². The van der Waals surface area contributed by atoms with Gasteiger partial charge in [0.05, 0.1) is 0 Å². The van der Waals surface area contributed by atoms with Crippen molar-refractivity contribution in [2.45, 2.75) is 20.8 Å². The molecule has 0 saturated carbocycles. The summed E-state index contributed by atoms with van der Waals surface area (Å²) in [6.45, 7) is 8.19. The van der Waals surface area contributed by atoms with E-state index in [1.165, 1.54) is 18.5 Å². The predicted octanol–water partition coefficient (Wildman–Crippen LogP) is 3.53. The van der Waals surface area contributed by atoms with Crippen LogP contribution in [0.15, 0.2) is 0 Å². The van der Waals surface area contributed by atoms with Gasteiger partial charge >= 0.3 is 96.2 Å². The normalized spacial score (nSPS) is 15.1. The molecule has 0 aliphatic heterocycles. The fraction of sp³-hybridized carbons (Fsp3) is 1.00. The Labute approximate surface area is 96.4 Å². The Kier molecular flexibility index (Phi) is 6.80. The van der Waals surface area contributed by atoms with Crippen LogP contribution in [0.5, 0.6) is 0 Å². The zero-order valence-electron chi connectivity index (χ0n) is 9.88. The summed E-state index contributed by atoms with van der Waals surface area (Å²) in [5, 5.41) is -1.70. The van der Waals surface area contributed by atoms with E-state index in [9.17, 15) is 0 Å². The maximum absolute atomic E-state index is 5.70. The first kappa shape index (κ1) is 14.8. The average Bonchev–Trinajstić information content (AvgIpc) is 2.25. The van der Waals surface area contributed by atoms with E-state index in [0.717, 1.165) is 6.35 Å². The van der Waals surface area contributed by atoms with Gasteiger partial charge in [0.2, 0.25) is 0 Å². The average molecular weight is 287 g/mol. The van der Waals surface area contributed by atoms with Gasteiger partial charge in [0.1, 0.15) is 0 Å².